The first-order chi connectivity index (χ1) is 14.2. The number of para-hydroxylation sites is 1. The van der Waals surface area contributed by atoms with Gasteiger partial charge in [0, 0.05) is 17.3 Å². The van der Waals surface area contributed by atoms with Crippen LogP contribution in [0.3, 0.4) is 0 Å². The van der Waals surface area contributed by atoms with Gasteiger partial charge in [0.05, 0.1) is 41.0 Å². The molecule has 142 valence electrons. The summed E-state index contributed by atoms with van der Waals surface area (Å²) in [6.07, 6.45) is 4.03. The zero-order valence-corrected chi connectivity index (χ0v) is 15.7. The van der Waals surface area contributed by atoms with E-state index in [1.165, 1.54) is 4.68 Å². The van der Waals surface area contributed by atoms with Crippen molar-refractivity contribution in [3.63, 3.8) is 0 Å². The summed E-state index contributed by atoms with van der Waals surface area (Å²) in [7, 11) is 0. The maximum absolute atomic E-state index is 13.0. The number of aryl methyl sites for hydroxylation is 1. The second-order valence-electron chi connectivity index (χ2n) is 6.59. The van der Waals surface area contributed by atoms with Gasteiger partial charge in [0.25, 0.3) is 5.56 Å². The van der Waals surface area contributed by atoms with E-state index in [2.05, 4.69) is 22.8 Å². The van der Waals surface area contributed by atoms with Crippen LogP contribution in [-0.4, -0.2) is 19.6 Å². The van der Waals surface area contributed by atoms with Crippen molar-refractivity contribution < 1.29 is 0 Å². The molecule has 2 aromatic heterocycles. The number of nitriles is 1. The number of hydrogen-bond donors (Lipinski definition) is 1. The Morgan fingerprint density at radius 2 is 1.79 bits per heavy atom. The monoisotopic (exact) mass is 381 g/mol. The SMILES string of the molecule is C=c1[nH]n(-c2ccccc2)c(=O)/c1=C\c1cn(CCC#N)nc1-c1ccccc1. The van der Waals surface area contributed by atoms with Crippen LogP contribution in [0, 0.1) is 11.3 Å². The molecule has 2 heterocycles. The number of hydrogen-bond acceptors (Lipinski definition) is 3. The summed E-state index contributed by atoms with van der Waals surface area (Å²) in [4.78, 5) is 13.0. The molecule has 0 saturated carbocycles. The number of nitrogens with zero attached hydrogens (tertiary/aromatic N) is 4. The topological polar surface area (TPSA) is 79.4 Å². The highest BCUT2D eigenvalue weighted by Gasteiger charge is 2.11. The summed E-state index contributed by atoms with van der Waals surface area (Å²) in [5, 5.41) is 17.6. The van der Waals surface area contributed by atoms with E-state index in [9.17, 15) is 4.79 Å². The van der Waals surface area contributed by atoms with Gasteiger partial charge in [-0.25, -0.2) is 4.68 Å². The predicted molar refractivity (Wildman–Crippen MR) is 113 cm³/mol. The van der Waals surface area contributed by atoms with E-state index in [-0.39, 0.29) is 5.56 Å². The molecule has 6 heteroatoms. The fourth-order valence-electron chi connectivity index (χ4n) is 3.20. The molecular formula is C23H19N5O. The molecule has 0 radical (unpaired) electrons. The van der Waals surface area contributed by atoms with Crippen LogP contribution in [-0.2, 0) is 6.54 Å². The van der Waals surface area contributed by atoms with E-state index in [4.69, 9.17) is 5.26 Å². The fraction of sp³-hybridized carbons (Fsp3) is 0.0870. The second-order valence-corrected chi connectivity index (χ2v) is 6.59. The lowest BCUT2D eigenvalue weighted by atomic mass is 10.1. The molecular weight excluding hydrogens is 362 g/mol. The van der Waals surface area contributed by atoms with E-state index < -0.39 is 0 Å². The first kappa shape index (κ1) is 18.3. The van der Waals surface area contributed by atoms with Crippen molar-refractivity contribution in [2.75, 3.05) is 0 Å². The number of H-pyrrole nitrogens is 1. The highest BCUT2D eigenvalue weighted by Crippen LogP contribution is 2.22. The average molecular weight is 381 g/mol. The summed E-state index contributed by atoms with van der Waals surface area (Å²) < 4.78 is 3.22. The zero-order valence-electron chi connectivity index (χ0n) is 15.7. The van der Waals surface area contributed by atoms with E-state index in [0.29, 0.717) is 23.5 Å². The lowest BCUT2D eigenvalue weighted by Gasteiger charge is -1.99. The van der Waals surface area contributed by atoms with E-state index in [1.54, 1.807) is 10.8 Å². The molecule has 0 aliphatic rings. The van der Waals surface area contributed by atoms with E-state index in [0.717, 1.165) is 22.5 Å². The Bertz CT molecular complexity index is 1340. The molecule has 1 N–H and O–H groups in total. The Labute approximate surface area is 167 Å². The van der Waals surface area contributed by atoms with Crippen LogP contribution in [0.1, 0.15) is 12.0 Å². The van der Waals surface area contributed by atoms with Crippen LogP contribution < -0.4 is 16.1 Å². The smallest absolute Gasteiger partial charge is 0.279 e. The number of nitrogens with one attached hydrogen (secondary N) is 1. The molecule has 0 amide bonds. The summed E-state index contributed by atoms with van der Waals surface area (Å²) in [6.45, 7) is 4.49. The molecule has 0 aliphatic heterocycles. The van der Waals surface area contributed by atoms with Gasteiger partial charge in [-0.3, -0.25) is 14.6 Å². The Kier molecular flexibility index (Phi) is 4.95. The number of aromatic nitrogens is 4. The largest absolute Gasteiger partial charge is 0.291 e. The van der Waals surface area contributed by atoms with E-state index in [1.807, 2.05) is 66.9 Å². The first-order valence-electron chi connectivity index (χ1n) is 9.24. The van der Waals surface area contributed by atoms with Crippen molar-refractivity contribution in [1.29, 1.82) is 5.26 Å². The normalized spacial score (nSPS) is 11.5. The highest BCUT2D eigenvalue weighted by molar-refractivity contribution is 5.71. The van der Waals surface area contributed by atoms with E-state index >= 15 is 0 Å². The van der Waals surface area contributed by atoms with Crippen molar-refractivity contribution in [3.8, 4) is 23.0 Å². The molecule has 0 atom stereocenters. The van der Waals surface area contributed by atoms with Crippen LogP contribution in [0.15, 0.2) is 71.7 Å². The number of rotatable bonds is 5. The third kappa shape index (κ3) is 3.66. The van der Waals surface area contributed by atoms with Crippen LogP contribution in [0.5, 0.6) is 0 Å². The molecule has 0 spiro atoms. The van der Waals surface area contributed by atoms with Gasteiger partial charge in [-0.15, -0.1) is 0 Å². The van der Waals surface area contributed by atoms with Crippen LogP contribution in [0.25, 0.3) is 29.6 Å². The third-order valence-corrected chi connectivity index (χ3v) is 4.61. The summed E-state index contributed by atoms with van der Waals surface area (Å²) >= 11 is 0. The number of benzene rings is 2. The minimum Gasteiger partial charge on any atom is -0.291 e. The van der Waals surface area contributed by atoms with Gasteiger partial charge in [-0.1, -0.05) is 55.1 Å². The van der Waals surface area contributed by atoms with Gasteiger partial charge < -0.3 is 0 Å². The van der Waals surface area contributed by atoms with Crippen molar-refractivity contribution in [3.05, 3.63) is 93.3 Å². The van der Waals surface area contributed by atoms with Gasteiger partial charge in [0.1, 0.15) is 0 Å². The molecule has 0 fully saturated rings. The summed E-state index contributed by atoms with van der Waals surface area (Å²) in [6, 6.07) is 21.3. The quantitative estimate of drug-likeness (QED) is 0.575. The molecule has 0 unspecified atom stereocenters. The lowest BCUT2D eigenvalue weighted by Crippen LogP contribution is -2.33. The summed E-state index contributed by atoms with van der Waals surface area (Å²) in [5.41, 5.74) is 3.07. The van der Waals surface area contributed by atoms with Gasteiger partial charge in [-0.05, 0) is 18.2 Å². The van der Waals surface area contributed by atoms with Crippen LogP contribution in [0.4, 0.5) is 0 Å². The Morgan fingerprint density at radius 1 is 1.10 bits per heavy atom. The molecule has 2 aromatic carbocycles. The maximum Gasteiger partial charge on any atom is 0.279 e. The standard InChI is InChI=1S/C23H19N5O/c1-17-21(23(29)28(25-17)20-11-6-3-7-12-20)15-19-16-27(14-8-13-24)26-22(19)18-9-4-2-5-10-18/h2-7,9-12,15-16,25H,1,8,14H2/b21-15-. The molecule has 29 heavy (non-hydrogen) atoms. The third-order valence-electron chi connectivity index (χ3n) is 4.61. The van der Waals surface area contributed by atoms with Crippen LogP contribution in [0.2, 0.25) is 0 Å². The molecule has 6 nitrogen and oxygen atoms in total. The second kappa shape index (κ2) is 7.87. The minimum atomic E-state index is -0.176. The molecule has 4 aromatic rings. The highest BCUT2D eigenvalue weighted by atomic mass is 16.1. The zero-order chi connectivity index (χ0) is 20.2. The van der Waals surface area contributed by atoms with Gasteiger partial charge in [-0.2, -0.15) is 10.4 Å². The Hall–Kier alpha value is -4.11. The van der Waals surface area contributed by atoms with Crippen molar-refractivity contribution in [2.24, 2.45) is 0 Å². The predicted octanol–water partition coefficient (Wildman–Crippen LogP) is 2.18. The fourth-order valence-corrected chi connectivity index (χ4v) is 3.20. The molecule has 0 aliphatic carbocycles. The average Bonchev–Trinajstić information content (AvgIpc) is 3.29. The lowest BCUT2D eigenvalue weighted by molar-refractivity contribution is 0.629. The van der Waals surface area contributed by atoms with Crippen LogP contribution >= 0.6 is 0 Å². The van der Waals surface area contributed by atoms with Gasteiger partial charge in [0.15, 0.2) is 0 Å². The van der Waals surface area contributed by atoms with Crippen molar-refractivity contribution in [2.45, 2.75) is 13.0 Å². The first-order valence-corrected chi connectivity index (χ1v) is 9.24. The number of aromatic amines is 1. The minimum absolute atomic E-state index is 0.176. The van der Waals surface area contributed by atoms with Gasteiger partial charge in [0.2, 0.25) is 0 Å². The Morgan fingerprint density at radius 3 is 2.48 bits per heavy atom. The molecule has 0 bridgehead atoms. The van der Waals surface area contributed by atoms with Gasteiger partial charge >= 0.3 is 0 Å². The summed E-state index contributed by atoms with van der Waals surface area (Å²) in [5.74, 6) is 0. The molecule has 0 saturated heterocycles. The van der Waals surface area contributed by atoms with Crippen molar-refractivity contribution in [1.82, 2.24) is 19.6 Å². The Balaban J connectivity index is 1.88. The maximum atomic E-state index is 13.0. The van der Waals surface area contributed by atoms with Crippen molar-refractivity contribution >= 4 is 12.7 Å². The molecule has 4 rings (SSSR count).